The predicted octanol–water partition coefficient (Wildman–Crippen LogP) is 4.54. The van der Waals surface area contributed by atoms with Crippen molar-refractivity contribution in [2.45, 2.75) is 37.6 Å². The Balaban J connectivity index is 1.73. The maximum absolute atomic E-state index is 12.8. The maximum Gasteiger partial charge on any atom is 0.200 e. The minimum atomic E-state index is 0.0603. The number of oxazole rings is 1. The molecule has 0 saturated heterocycles. The van der Waals surface area contributed by atoms with Gasteiger partial charge in [-0.25, -0.2) is 4.98 Å². The second kappa shape index (κ2) is 5.64. The monoisotopic (exact) mass is 350 g/mol. The van der Waals surface area contributed by atoms with Crippen molar-refractivity contribution in [2.75, 3.05) is 0 Å². The number of benzene rings is 2. The molecule has 0 amide bonds. The summed E-state index contributed by atoms with van der Waals surface area (Å²) in [4.78, 5) is 17.5. The first kappa shape index (κ1) is 15.0. The molecule has 1 saturated carbocycles. The molecule has 4 aromatic rings. The van der Waals surface area contributed by atoms with Gasteiger partial charge in [-0.2, -0.15) is 0 Å². The average Bonchev–Trinajstić information content (AvgIpc) is 3.03. The van der Waals surface area contributed by atoms with Crippen molar-refractivity contribution >= 4 is 42.6 Å². The lowest BCUT2D eigenvalue weighted by atomic mass is 9.85. The molecule has 1 aliphatic carbocycles. The second-order valence-electron chi connectivity index (χ2n) is 6.85. The van der Waals surface area contributed by atoms with Crippen LogP contribution >= 0.6 is 11.3 Å². The molecule has 5 heteroatoms. The number of aromatic nitrogens is 1. The van der Waals surface area contributed by atoms with Crippen LogP contribution in [-0.4, -0.2) is 11.0 Å². The maximum atomic E-state index is 12.8. The van der Waals surface area contributed by atoms with E-state index in [0.717, 1.165) is 51.0 Å². The van der Waals surface area contributed by atoms with Crippen LogP contribution in [0.4, 0.5) is 0 Å². The Labute approximate surface area is 148 Å². The van der Waals surface area contributed by atoms with Crippen LogP contribution in [0.5, 0.6) is 0 Å². The Morgan fingerprint density at radius 1 is 1.08 bits per heavy atom. The fourth-order valence-corrected chi connectivity index (χ4v) is 4.95. The fraction of sp³-hybridized carbons (Fsp3) is 0.300. The van der Waals surface area contributed by atoms with E-state index in [1.807, 2.05) is 36.4 Å². The molecular weight excluding hydrogens is 332 g/mol. The molecular formula is C20H18N2O2S. The van der Waals surface area contributed by atoms with Gasteiger partial charge in [-0.1, -0.05) is 25.0 Å². The number of fused-ring (bicyclic) bond motifs is 3. The minimum Gasteiger partial charge on any atom is -0.440 e. The molecule has 1 unspecified atom stereocenters. The van der Waals surface area contributed by atoms with Crippen LogP contribution in [0.1, 0.15) is 37.5 Å². The van der Waals surface area contributed by atoms with Gasteiger partial charge >= 0.3 is 0 Å². The van der Waals surface area contributed by atoms with Crippen molar-refractivity contribution in [2.24, 2.45) is 5.73 Å². The lowest BCUT2D eigenvalue weighted by molar-refractivity contribution is 0.332. The SMILES string of the molecule is N[C@@H]1CCCCC1c1nc2cc3c(=O)c4ccccc4sc3cc2o1. The van der Waals surface area contributed by atoms with Crippen molar-refractivity contribution in [1.29, 1.82) is 0 Å². The van der Waals surface area contributed by atoms with E-state index in [-0.39, 0.29) is 17.4 Å². The lowest BCUT2D eigenvalue weighted by Crippen LogP contribution is -2.31. The number of nitrogens with zero attached hydrogens (tertiary/aromatic N) is 1. The van der Waals surface area contributed by atoms with Gasteiger partial charge in [0, 0.05) is 32.3 Å². The standard InChI is InChI=1S/C20H18N2O2S/c21-14-7-3-1-5-11(14)20-22-15-9-13-18(10-16(15)24-20)25-17-8-4-2-6-12(17)19(13)23/h2,4,6,8-11,14H,1,3,5,7,21H2/t11?,14-/m1/s1. The summed E-state index contributed by atoms with van der Waals surface area (Å²) in [6, 6.07) is 11.7. The highest BCUT2D eigenvalue weighted by Crippen LogP contribution is 2.35. The van der Waals surface area contributed by atoms with Crippen molar-refractivity contribution < 1.29 is 4.42 Å². The van der Waals surface area contributed by atoms with Gasteiger partial charge in [0.15, 0.2) is 16.9 Å². The molecule has 2 aromatic carbocycles. The van der Waals surface area contributed by atoms with Gasteiger partial charge in [0.05, 0.1) is 5.92 Å². The Morgan fingerprint density at radius 2 is 1.92 bits per heavy atom. The van der Waals surface area contributed by atoms with Gasteiger partial charge in [-0.15, -0.1) is 11.3 Å². The topological polar surface area (TPSA) is 69.1 Å². The molecule has 25 heavy (non-hydrogen) atoms. The first-order chi connectivity index (χ1) is 12.2. The second-order valence-corrected chi connectivity index (χ2v) is 7.93. The van der Waals surface area contributed by atoms with Crippen molar-refractivity contribution in [3.63, 3.8) is 0 Å². The van der Waals surface area contributed by atoms with Crippen molar-refractivity contribution in [3.05, 3.63) is 52.5 Å². The van der Waals surface area contributed by atoms with Crippen LogP contribution < -0.4 is 11.2 Å². The molecule has 2 heterocycles. The molecule has 2 aromatic heterocycles. The molecule has 5 rings (SSSR count). The zero-order valence-corrected chi connectivity index (χ0v) is 14.5. The fourth-order valence-electron chi connectivity index (χ4n) is 3.87. The summed E-state index contributed by atoms with van der Waals surface area (Å²) < 4.78 is 7.98. The first-order valence-electron chi connectivity index (χ1n) is 8.72. The summed E-state index contributed by atoms with van der Waals surface area (Å²) in [5.41, 5.74) is 7.83. The Bertz CT molecular complexity index is 1160. The number of hydrogen-bond donors (Lipinski definition) is 1. The summed E-state index contributed by atoms with van der Waals surface area (Å²) in [5, 5.41) is 1.47. The summed E-state index contributed by atoms with van der Waals surface area (Å²) in [5.74, 6) is 0.901. The molecule has 0 radical (unpaired) electrons. The predicted molar refractivity (Wildman–Crippen MR) is 102 cm³/mol. The molecule has 1 aliphatic rings. The number of nitrogens with two attached hydrogens (primary N) is 1. The summed E-state index contributed by atoms with van der Waals surface area (Å²) in [6.07, 6.45) is 4.38. The summed E-state index contributed by atoms with van der Waals surface area (Å²) in [6.45, 7) is 0. The third kappa shape index (κ3) is 2.38. The quantitative estimate of drug-likeness (QED) is 0.512. The molecule has 0 bridgehead atoms. The first-order valence-corrected chi connectivity index (χ1v) is 9.54. The van der Waals surface area contributed by atoms with Crippen LogP contribution in [-0.2, 0) is 0 Å². The van der Waals surface area contributed by atoms with Crippen molar-refractivity contribution in [3.8, 4) is 0 Å². The third-order valence-electron chi connectivity index (χ3n) is 5.24. The molecule has 1 fully saturated rings. The van der Waals surface area contributed by atoms with Gasteiger partial charge in [-0.05, 0) is 31.0 Å². The van der Waals surface area contributed by atoms with Crippen LogP contribution in [0, 0.1) is 0 Å². The lowest BCUT2D eigenvalue weighted by Gasteiger charge is -2.25. The normalized spacial score (nSPS) is 21.3. The van der Waals surface area contributed by atoms with E-state index in [9.17, 15) is 4.79 Å². The molecule has 0 aliphatic heterocycles. The minimum absolute atomic E-state index is 0.0603. The molecule has 126 valence electrons. The highest BCUT2D eigenvalue weighted by Gasteiger charge is 2.28. The largest absolute Gasteiger partial charge is 0.440 e. The van der Waals surface area contributed by atoms with E-state index < -0.39 is 0 Å². The zero-order chi connectivity index (χ0) is 17.0. The third-order valence-corrected chi connectivity index (χ3v) is 6.37. The van der Waals surface area contributed by atoms with Crippen LogP contribution in [0.2, 0.25) is 0 Å². The van der Waals surface area contributed by atoms with E-state index in [4.69, 9.17) is 10.2 Å². The Morgan fingerprint density at radius 3 is 2.80 bits per heavy atom. The van der Waals surface area contributed by atoms with E-state index >= 15 is 0 Å². The molecule has 2 atom stereocenters. The van der Waals surface area contributed by atoms with Gasteiger partial charge < -0.3 is 10.2 Å². The number of rotatable bonds is 1. The molecule has 4 nitrogen and oxygen atoms in total. The van der Waals surface area contributed by atoms with E-state index in [1.54, 1.807) is 11.3 Å². The van der Waals surface area contributed by atoms with Gasteiger partial charge in [0.1, 0.15) is 5.52 Å². The Kier molecular flexibility index (Phi) is 3.40. The molecule has 2 N–H and O–H groups in total. The van der Waals surface area contributed by atoms with Gasteiger partial charge in [0.2, 0.25) is 0 Å². The van der Waals surface area contributed by atoms with Gasteiger partial charge in [0.25, 0.3) is 0 Å². The van der Waals surface area contributed by atoms with E-state index in [2.05, 4.69) is 4.98 Å². The van der Waals surface area contributed by atoms with Gasteiger partial charge in [-0.3, -0.25) is 4.79 Å². The highest BCUT2D eigenvalue weighted by atomic mass is 32.1. The molecule has 0 spiro atoms. The van der Waals surface area contributed by atoms with E-state index in [1.165, 1.54) is 6.42 Å². The smallest absolute Gasteiger partial charge is 0.200 e. The number of hydrogen-bond acceptors (Lipinski definition) is 5. The van der Waals surface area contributed by atoms with Crippen LogP contribution in [0.25, 0.3) is 31.3 Å². The van der Waals surface area contributed by atoms with Crippen LogP contribution in [0.3, 0.4) is 0 Å². The summed E-state index contributed by atoms with van der Waals surface area (Å²) in [7, 11) is 0. The zero-order valence-electron chi connectivity index (χ0n) is 13.7. The van der Waals surface area contributed by atoms with E-state index in [0.29, 0.717) is 5.39 Å². The van der Waals surface area contributed by atoms with Crippen molar-refractivity contribution in [1.82, 2.24) is 4.98 Å². The van der Waals surface area contributed by atoms with Crippen LogP contribution in [0.15, 0.2) is 45.6 Å². The average molecular weight is 350 g/mol. The highest BCUT2D eigenvalue weighted by molar-refractivity contribution is 7.24. The summed E-state index contributed by atoms with van der Waals surface area (Å²) >= 11 is 1.61. The Hall–Kier alpha value is -2.24.